The van der Waals surface area contributed by atoms with Gasteiger partial charge in [0, 0.05) is 4.90 Å². The second-order valence-corrected chi connectivity index (χ2v) is 5.71. The van der Waals surface area contributed by atoms with Gasteiger partial charge in [-0.1, -0.05) is 26.0 Å². The second-order valence-electron chi connectivity index (χ2n) is 4.86. The summed E-state index contributed by atoms with van der Waals surface area (Å²) in [6.45, 7) is 3.57. The molecule has 0 unspecified atom stereocenters. The van der Waals surface area contributed by atoms with Gasteiger partial charge >= 0.3 is 6.03 Å². The van der Waals surface area contributed by atoms with Crippen molar-refractivity contribution in [3.63, 3.8) is 0 Å². The molecular formula is C15H18N2O3S. The third-order valence-corrected chi connectivity index (χ3v) is 4.79. The number of carbonyl (C=O) groups is 3. The molecule has 1 aromatic rings. The fraction of sp³-hybridized carbons (Fsp3) is 0.400. The van der Waals surface area contributed by atoms with Crippen LogP contribution in [0.3, 0.4) is 0 Å². The van der Waals surface area contributed by atoms with Gasteiger partial charge in [-0.2, -0.15) is 0 Å². The van der Waals surface area contributed by atoms with Crippen LogP contribution in [-0.2, 0) is 9.59 Å². The van der Waals surface area contributed by atoms with Crippen molar-refractivity contribution < 1.29 is 14.4 Å². The molecule has 4 amide bonds. The van der Waals surface area contributed by atoms with Crippen molar-refractivity contribution in [2.75, 3.05) is 11.2 Å². The molecule has 1 aliphatic rings. The summed E-state index contributed by atoms with van der Waals surface area (Å²) in [6, 6.07) is 6.50. The monoisotopic (exact) mass is 306 g/mol. The fourth-order valence-electron chi connectivity index (χ4n) is 2.58. The lowest BCUT2D eigenvalue weighted by molar-refractivity contribution is -0.143. The highest BCUT2D eigenvalue weighted by atomic mass is 32.2. The third kappa shape index (κ3) is 2.33. The number of imide groups is 2. The van der Waals surface area contributed by atoms with Gasteiger partial charge in [0.25, 0.3) is 5.91 Å². The highest BCUT2D eigenvalue weighted by molar-refractivity contribution is 7.98. The first kappa shape index (κ1) is 15.6. The summed E-state index contributed by atoms with van der Waals surface area (Å²) < 4.78 is 0. The summed E-state index contributed by atoms with van der Waals surface area (Å²) in [7, 11) is 0. The molecule has 112 valence electrons. The van der Waals surface area contributed by atoms with E-state index in [0.717, 1.165) is 9.80 Å². The lowest BCUT2D eigenvalue weighted by Crippen LogP contribution is -2.64. The number of para-hydroxylation sites is 1. The Balaban J connectivity index is 2.55. The Morgan fingerprint density at radius 1 is 1.14 bits per heavy atom. The normalized spacial score (nSPS) is 17.9. The number of urea groups is 1. The van der Waals surface area contributed by atoms with Gasteiger partial charge in [-0.3, -0.25) is 14.9 Å². The molecule has 0 aromatic heterocycles. The van der Waals surface area contributed by atoms with E-state index in [-0.39, 0.29) is 0 Å². The Kier molecular flexibility index (Phi) is 4.37. The minimum Gasteiger partial charge on any atom is -0.276 e. The van der Waals surface area contributed by atoms with Gasteiger partial charge in [0.2, 0.25) is 5.91 Å². The average molecular weight is 306 g/mol. The highest BCUT2D eigenvalue weighted by Gasteiger charge is 2.52. The maximum absolute atomic E-state index is 12.8. The molecule has 0 aliphatic carbocycles. The van der Waals surface area contributed by atoms with Crippen molar-refractivity contribution in [1.82, 2.24) is 5.32 Å². The van der Waals surface area contributed by atoms with E-state index in [4.69, 9.17) is 0 Å². The number of anilines is 1. The maximum Gasteiger partial charge on any atom is 0.335 e. The van der Waals surface area contributed by atoms with Crippen molar-refractivity contribution >= 4 is 35.3 Å². The number of benzene rings is 1. The lowest BCUT2D eigenvalue weighted by atomic mass is 9.78. The molecule has 1 heterocycles. The van der Waals surface area contributed by atoms with E-state index in [1.807, 2.05) is 18.4 Å². The average Bonchev–Trinajstić information content (AvgIpc) is 2.49. The van der Waals surface area contributed by atoms with Gasteiger partial charge < -0.3 is 0 Å². The zero-order chi connectivity index (χ0) is 15.6. The Morgan fingerprint density at radius 3 is 2.33 bits per heavy atom. The minimum atomic E-state index is -1.17. The number of barbiturate groups is 1. The van der Waals surface area contributed by atoms with Crippen molar-refractivity contribution in [1.29, 1.82) is 0 Å². The van der Waals surface area contributed by atoms with E-state index in [0.29, 0.717) is 18.5 Å². The molecule has 1 N–H and O–H groups in total. The Hall–Kier alpha value is -1.82. The summed E-state index contributed by atoms with van der Waals surface area (Å²) in [5, 5.41) is 2.32. The Labute approximate surface area is 128 Å². The first-order valence-electron chi connectivity index (χ1n) is 6.84. The Bertz CT molecular complexity index is 596. The molecular weight excluding hydrogens is 288 g/mol. The lowest BCUT2D eigenvalue weighted by Gasteiger charge is -2.38. The van der Waals surface area contributed by atoms with Crippen molar-refractivity contribution in [2.45, 2.75) is 31.6 Å². The second kappa shape index (κ2) is 5.89. The van der Waals surface area contributed by atoms with E-state index >= 15 is 0 Å². The fourth-order valence-corrected chi connectivity index (χ4v) is 3.17. The van der Waals surface area contributed by atoms with Gasteiger partial charge in [0.05, 0.1) is 5.69 Å². The molecule has 5 nitrogen and oxygen atoms in total. The number of nitrogens with one attached hydrogen (secondary N) is 1. The summed E-state index contributed by atoms with van der Waals surface area (Å²) in [6.07, 6.45) is 2.60. The van der Waals surface area contributed by atoms with Crippen molar-refractivity contribution in [2.24, 2.45) is 5.41 Å². The quantitative estimate of drug-likeness (QED) is 0.686. The van der Waals surface area contributed by atoms with Crippen LogP contribution in [0, 0.1) is 5.41 Å². The maximum atomic E-state index is 12.8. The van der Waals surface area contributed by atoms with Crippen LogP contribution in [0.5, 0.6) is 0 Å². The molecule has 0 saturated carbocycles. The molecule has 0 radical (unpaired) electrons. The largest absolute Gasteiger partial charge is 0.335 e. The summed E-state index contributed by atoms with van der Waals surface area (Å²) in [5.41, 5.74) is -0.648. The zero-order valence-electron chi connectivity index (χ0n) is 12.3. The van der Waals surface area contributed by atoms with Crippen LogP contribution in [0.4, 0.5) is 10.5 Å². The van der Waals surface area contributed by atoms with Crippen molar-refractivity contribution in [3.8, 4) is 0 Å². The molecule has 1 saturated heterocycles. The molecule has 21 heavy (non-hydrogen) atoms. The number of rotatable bonds is 4. The van der Waals surface area contributed by atoms with E-state index in [1.54, 1.807) is 26.0 Å². The number of hydrogen-bond acceptors (Lipinski definition) is 4. The number of hydrogen-bond donors (Lipinski definition) is 1. The molecule has 1 fully saturated rings. The standard InChI is InChI=1S/C15H18N2O3S/c1-4-15(5-2)12(18)16-14(20)17(13(15)19)10-8-6-7-9-11(10)21-3/h6-9H,4-5H2,1-3H3,(H,16,18,20). The van der Waals surface area contributed by atoms with Crippen LogP contribution in [-0.4, -0.2) is 24.1 Å². The molecule has 0 spiro atoms. The van der Waals surface area contributed by atoms with Crippen LogP contribution in [0.25, 0.3) is 0 Å². The van der Waals surface area contributed by atoms with Gasteiger partial charge in [0.15, 0.2) is 0 Å². The first-order valence-corrected chi connectivity index (χ1v) is 8.07. The smallest absolute Gasteiger partial charge is 0.276 e. The van der Waals surface area contributed by atoms with Gasteiger partial charge in [0.1, 0.15) is 5.41 Å². The van der Waals surface area contributed by atoms with Crippen LogP contribution in [0.2, 0.25) is 0 Å². The van der Waals surface area contributed by atoms with Gasteiger partial charge in [-0.25, -0.2) is 9.69 Å². The van der Waals surface area contributed by atoms with Crippen molar-refractivity contribution in [3.05, 3.63) is 24.3 Å². The van der Waals surface area contributed by atoms with Crippen LogP contribution < -0.4 is 10.2 Å². The number of nitrogens with zero attached hydrogens (tertiary/aromatic N) is 1. The van der Waals surface area contributed by atoms with Crippen LogP contribution in [0.1, 0.15) is 26.7 Å². The number of thioether (sulfide) groups is 1. The number of amides is 4. The van der Waals surface area contributed by atoms with E-state index in [1.165, 1.54) is 11.8 Å². The number of carbonyl (C=O) groups excluding carboxylic acids is 3. The minimum absolute atomic E-state index is 0.360. The molecule has 0 bridgehead atoms. The van der Waals surface area contributed by atoms with E-state index in [9.17, 15) is 14.4 Å². The molecule has 0 atom stereocenters. The van der Waals surface area contributed by atoms with Gasteiger partial charge in [-0.15, -0.1) is 11.8 Å². The molecule has 2 rings (SSSR count). The van der Waals surface area contributed by atoms with E-state index < -0.39 is 23.3 Å². The molecule has 1 aliphatic heterocycles. The van der Waals surface area contributed by atoms with Crippen LogP contribution >= 0.6 is 11.8 Å². The Morgan fingerprint density at radius 2 is 1.76 bits per heavy atom. The zero-order valence-corrected chi connectivity index (χ0v) is 13.1. The predicted molar refractivity (Wildman–Crippen MR) is 82.3 cm³/mol. The topological polar surface area (TPSA) is 66.5 Å². The third-order valence-electron chi connectivity index (χ3n) is 4.00. The molecule has 1 aromatic carbocycles. The first-order chi connectivity index (χ1) is 10.0. The summed E-state index contributed by atoms with van der Waals surface area (Å²) in [5.74, 6) is -0.942. The van der Waals surface area contributed by atoms with Gasteiger partial charge in [-0.05, 0) is 31.2 Å². The summed E-state index contributed by atoms with van der Waals surface area (Å²) in [4.78, 5) is 39.1. The highest BCUT2D eigenvalue weighted by Crippen LogP contribution is 2.37. The summed E-state index contributed by atoms with van der Waals surface area (Å²) >= 11 is 1.45. The van der Waals surface area contributed by atoms with E-state index in [2.05, 4.69) is 5.32 Å². The van der Waals surface area contributed by atoms with Crippen LogP contribution in [0.15, 0.2) is 29.2 Å². The predicted octanol–water partition coefficient (Wildman–Crippen LogP) is 2.80. The SMILES string of the molecule is CCC1(CC)C(=O)NC(=O)N(c2ccccc2SC)C1=O. The molecule has 6 heteroatoms.